The van der Waals surface area contributed by atoms with Gasteiger partial charge < -0.3 is 60.7 Å². The predicted molar refractivity (Wildman–Crippen MR) is 363 cm³/mol. The number of ketones is 1. The highest BCUT2D eigenvalue weighted by Crippen LogP contribution is 2.26. The number of aryl methyl sites for hydroxylation is 1. The number of carbonyl (C=O) groups excluding carboxylic acids is 12. The van der Waals surface area contributed by atoms with Gasteiger partial charge in [-0.25, -0.2) is 0 Å². The van der Waals surface area contributed by atoms with E-state index in [1.54, 1.807) is 30.1 Å². The molecule has 3 saturated heterocycles. The van der Waals surface area contributed by atoms with Crippen LogP contribution in [0, 0.1) is 28.2 Å². The number of piperidine rings is 1. The molecule has 5 rings (SSSR count). The van der Waals surface area contributed by atoms with E-state index in [-0.39, 0.29) is 63.6 Å². The van der Waals surface area contributed by atoms with E-state index in [4.69, 9.17) is 0 Å². The number of carbonyl (C=O) groups is 12. The lowest BCUT2D eigenvalue weighted by molar-refractivity contribution is -0.156. The van der Waals surface area contributed by atoms with Crippen LogP contribution in [0.5, 0.6) is 0 Å². The van der Waals surface area contributed by atoms with Gasteiger partial charge in [0, 0.05) is 71.3 Å². The first-order chi connectivity index (χ1) is 44.1. The van der Waals surface area contributed by atoms with Crippen molar-refractivity contribution in [3.63, 3.8) is 0 Å². The second kappa shape index (κ2) is 35.1. The summed E-state index contributed by atoms with van der Waals surface area (Å²) in [7, 11) is 8.53. The summed E-state index contributed by atoms with van der Waals surface area (Å²) >= 11 is 2.10. The maximum atomic E-state index is 15.1. The number of hydrogen-bond donors (Lipinski definition) is 5. The number of Topliss-reactive ketones (excluding diaryl/α,β-unsaturated/α-hetero) is 1. The van der Waals surface area contributed by atoms with Gasteiger partial charge in [0.15, 0.2) is 5.78 Å². The van der Waals surface area contributed by atoms with Crippen molar-refractivity contribution in [3.8, 4) is 0 Å². The highest BCUT2D eigenvalue weighted by molar-refractivity contribution is 14.1. The molecule has 0 radical (unpaired) electrons. The van der Waals surface area contributed by atoms with E-state index < -0.39 is 150 Å². The number of rotatable bonds is 12. The van der Waals surface area contributed by atoms with E-state index in [0.717, 1.165) is 30.3 Å². The summed E-state index contributed by atoms with van der Waals surface area (Å²) in [6.45, 7) is 14.6. The molecule has 2 aromatic rings. The standard InChI is InChI=1S/C68H103IN12O13/c1-16-44(7)59-55(83)37-74(10)39-58(86)81-30-27-51(81)65(92)78(14)53(35-45-25-23-43(6)24-26-45)64(91)75(11)38-56(84)70-48(34-46-21-20-22-47(69)33-46)60(87)71-50(40-82)63(90)79(15)68(8,9)67(94)72-49(31-41(2)3)62(89)77(13)54(66(93)80-28-18-17-19-29-80)36-57(85)76(12)52(32-42(4)5)61(88)73-59/h20-26,33,41-42,44,48-54,59,82H,16-19,27-32,34-40H2,1-15H3,(H,70,84)(H,71,87)(H,72,94)(H,73,88)/t44-,48-,49-,50-,51-,52-,53-,54-,59-/m0/s1. The molecule has 0 aromatic heterocycles. The van der Waals surface area contributed by atoms with Crippen LogP contribution in [0.4, 0.5) is 0 Å². The number of hydrogen-bond acceptors (Lipinski definition) is 14. The third kappa shape index (κ3) is 20.7. The Kier molecular flexibility index (Phi) is 29.0. The molecule has 520 valence electrons. The number of nitrogens with zero attached hydrogens (tertiary/aromatic N) is 8. The Morgan fingerprint density at radius 2 is 1.28 bits per heavy atom. The summed E-state index contributed by atoms with van der Waals surface area (Å²) in [5.74, 6) is -8.74. The molecule has 11 amide bonds. The van der Waals surface area contributed by atoms with Gasteiger partial charge in [0.1, 0.15) is 47.8 Å². The molecule has 3 heterocycles. The monoisotopic (exact) mass is 1420 g/mol. The molecule has 2 aromatic carbocycles. The van der Waals surface area contributed by atoms with Gasteiger partial charge in [-0.1, -0.05) is 89.9 Å². The molecule has 9 atom stereocenters. The zero-order chi connectivity index (χ0) is 70.2. The maximum Gasteiger partial charge on any atom is 0.248 e. The van der Waals surface area contributed by atoms with Crippen LogP contribution in [0.15, 0.2) is 48.5 Å². The van der Waals surface area contributed by atoms with Crippen LogP contribution >= 0.6 is 22.6 Å². The quantitative estimate of drug-likeness (QED) is 0.191. The predicted octanol–water partition coefficient (Wildman–Crippen LogP) is 2.15. The van der Waals surface area contributed by atoms with Gasteiger partial charge in [-0.3, -0.25) is 62.4 Å². The summed E-state index contributed by atoms with van der Waals surface area (Å²) in [4.78, 5) is 186. The van der Waals surface area contributed by atoms with Crippen LogP contribution in [0.2, 0.25) is 0 Å². The normalized spacial score (nSPS) is 25.5. The third-order valence-electron chi connectivity index (χ3n) is 18.5. The van der Waals surface area contributed by atoms with Crippen molar-refractivity contribution in [3.05, 3.63) is 68.8 Å². The van der Waals surface area contributed by atoms with Crippen LogP contribution in [-0.2, 0) is 70.4 Å². The minimum atomic E-state index is -1.79. The van der Waals surface area contributed by atoms with Gasteiger partial charge in [-0.2, -0.15) is 0 Å². The second-order valence-electron chi connectivity index (χ2n) is 27.3. The van der Waals surface area contributed by atoms with Crippen molar-refractivity contribution in [2.24, 2.45) is 17.8 Å². The van der Waals surface area contributed by atoms with E-state index in [2.05, 4.69) is 43.9 Å². The van der Waals surface area contributed by atoms with Crippen LogP contribution in [0.1, 0.15) is 123 Å². The number of fused-ring (bicyclic) bond motifs is 1. The lowest BCUT2D eigenvalue weighted by Gasteiger charge is -2.43. The van der Waals surface area contributed by atoms with E-state index in [1.807, 2.05) is 78.8 Å². The Balaban J connectivity index is 1.58. The summed E-state index contributed by atoms with van der Waals surface area (Å²) in [5.41, 5.74) is 0.472. The Bertz CT molecular complexity index is 3050. The van der Waals surface area contributed by atoms with Gasteiger partial charge >= 0.3 is 0 Å². The maximum absolute atomic E-state index is 15.1. The smallest absolute Gasteiger partial charge is 0.248 e. The highest BCUT2D eigenvalue weighted by atomic mass is 127. The Morgan fingerprint density at radius 1 is 0.638 bits per heavy atom. The lowest BCUT2D eigenvalue weighted by atomic mass is 9.93. The molecule has 3 fully saturated rings. The van der Waals surface area contributed by atoms with Crippen molar-refractivity contribution in [2.45, 2.75) is 180 Å². The fraction of sp³-hybridized carbons (Fsp3) is 0.647. The van der Waals surface area contributed by atoms with Crippen molar-refractivity contribution in [1.29, 1.82) is 0 Å². The minimum Gasteiger partial charge on any atom is -0.394 e. The largest absolute Gasteiger partial charge is 0.394 e. The Morgan fingerprint density at radius 3 is 1.85 bits per heavy atom. The summed E-state index contributed by atoms with van der Waals surface area (Å²) in [6.07, 6.45) is 2.55. The van der Waals surface area contributed by atoms with Gasteiger partial charge in [0.25, 0.3) is 0 Å². The molecule has 0 saturated carbocycles. The number of halogens is 1. The van der Waals surface area contributed by atoms with E-state index >= 15 is 4.79 Å². The molecule has 0 bridgehead atoms. The second-order valence-corrected chi connectivity index (χ2v) is 28.5. The number of aliphatic hydroxyl groups is 1. The number of likely N-dealkylation sites (N-methyl/N-ethyl adjacent to an activating group) is 6. The van der Waals surface area contributed by atoms with Gasteiger partial charge in [0.05, 0.1) is 38.7 Å². The lowest BCUT2D eigenvalue weighted by Crippen LogP contribution is -2.64. The molecule has 3 aliphatic rings. The van der Waals surface area contributed by atoms with E-state index in [1.165, 1.54) is 68.7 Å². The summed E-state index contributed by atoms with van der Waals surface area (Å²) in [6, 6.07) is 4.30. The Hall–Kier alpha value is -7.07. The first kappa shape index (κ1) is 77.6. The number of nitrogens with one attached hydrogen (secondary N) is 4. The van der Waals surface area contributed by atoms with Gasteiger partial charge in [-0.05, 0) is 130 Å². The number of likely N-dealkylation sites (tertiary alicyclic amines) is 1. The van der Waals surface area contributed by atoms with Crippen LogP contribution in [-0.4, -0.2) is 257 Å². The van der Waals surface area contributed by atoms with Crippen molar-refractivity contribution in [1.82, 2.24) is 60.5 Å². The molecule has 26 heteroatoms. The van der Waals surface area contributed by atoms with E-state index in [0.29, 0.717) is 43.5 Å². The molecular formula is C68H103IN12O13. The molecule has 94 heavy (non-hydrogen) atoms. The zero-order valence-corrected chi connectivity index (χ0v) is 59.9. The van der Waals surface area contributed by atoms with Crippen LogP contribution in [0.3, 0.4) is 0 Å². The van der Waals surface area contributed by atoms with E-state index in [9.17, 15) is 57.8 Å². The molecule has 0 aliphatic carbocycles. The molecule has 25 nitrogen and oxygen atoms in total. The topological polar surface area (TPSA) is 299 Å². The number of aliphatic hydroxyl groups excluding tert-OH is 1. The fourth-order valence-corrected chi connectivity index (χ4v) is 12.6. The molecule has 5 N–H and O–H groups in total. The minimum absolute atomic E-state index is 0.0208. The first-order valence-electron chi connectivity index (χ1n) is 32.8. The molecule has 3 aliphatic heterocycles. The number of amides is 11. The zero-order valence-electron chi connectivity index (χ0n) is 57.8. The molecule has 0 unspecified atom stereocenters. The van der Waals surface area contributed by atoms with Crippen molar-refractivity contribution in [2.75, 3.05) is 88.2 Å². The van der Waals surface area contributed by atoms with Gasteiger partial charge in [-0.15, -0.1) is 0 Å². The molecule has 0 spiro atoms. The first-order valence-corrected chi connectivity index (χ1v) is 33.9. The Labute approximate surface area is 568 Å². The molecular weight excluding hydrogens is 1320 g/mol. The fourth-order valence-electron chi connectivity index (χ4n) is 12.0. The van der Waals surface area contributed by atoms with Gasteiger partial charge in [0.2, 0.25) is 65.0 Å². The SMILES string of the molecule is CC[C@H](C)[C@@H]1NC(=O)[C@H](CC(C)C)N(C)C(=O)C[C@@H](C(=O)N2CCCCC2)N(C)C(=O)[C@H](CC(C)C)NC(=O)C(C)(C)N(C)C(=O)[C@H](CO)NC(=O)[C@H](Cc2cccc(I)c2)NC(=O)CN(C)C(=O)[C@H](Cc2ccc(C)cc2)N(C)C(=O)[C@@H]2CCN2C(=O)CN(C)CC1=O. The van der Waals surface area contributed by atoms with Crippen LogP contribution in [0.25, 0.3) is 0 Å². The summed E-state index contributed by atoms with van der Waals surface area (Å²) < 4.78 is 0.814. The van der Waals surface area contributed by atoms with Crippen molar-refractivity contribution >= 4 is 93.4 Å². The third-order valence-corrected chi connectivity index (χ3v) is 19.2. The average Bonchev–Trinajstić information content (AvgIpc) is 0.799. The van der Waals surface area contributed by atoms with Crippen molar-refractivity contribution < 1.29 is 62.6 Å². The number of benzene rings is 2. The average molecular weight is 1420 g/mol. The summed E-state index contributed by atoms with van der Waals surface area (Å²) in [5, 5.41) is 21.8. The highest BCUT2D eigenvalue weighted by Gasteiger charge is 2.46. The van der Waals surface area contributed by atoms with Crippen LogP contribution < -0.4 is 21.3 Å².